The molecule has 0 aliphatic carbocycles. The van der Waals surface area contributed by atoms with Crippen LogP contribution >= 0.6 is 0 Å². The molecule has 1 rings (SSSR count). The fourth-order valence-corrected chi connectivity index (χ4v) is 1.71. The van der Waals surface area contributed by atoms with E-state index in [9.17, 15) is 4.79 Å². The first-order valence-electron chi connectivity index (χ1n) is 6.68. The molecule has 0 atom stereocenters. The van der Waals surface area contributed by atoms with Crippen molar-refractivity contribution in [1.29, 1.82) is 5.26 Å². The van der Waals surface area contributed by atoms with Gasteiger partial charge in [0.05, 0.1) is 7.11 Å². The summed E-state index contributed by atoms with van der Waals surface area (Å²) in [5.41, 5.74) is 0.764. The molecule has 0 spiro atoms. The van der Waals surface area contributed by atoms with Gasteiger partial charge >= 0.3 is 0 Å². The molecular weight excluding hydrogens is 278 g/mol. The molecule has 1 N–H and O–H groups in total. The van der Waals surface area contributed by atoms with Crippen LogP contribution in [0.25, 0.3) is 0 Å². The standard InChI is InChI=1S/C17H19N3O2/c1-4-10-20(11-5-2)17(21)14(12-18)13-19-15-6-8-16(22-3)9-7-15/h4-9,13,19H,1-2,10-11H2,3H3/b14-13-. The SMILES string of the molecule is C=CCN(CC=C)C(=O)/C(C#N)=C\Nc1ccc(OC)cc1. The Morgan fingerprint density at radius 1 is 1.32 bits per heavy atom. The van der Waals surface area contributed by atoms with Gasteiger partial charge in [-0.15, -0.1) is 13.2 Å². The minimum Gasteiger partial charge on any atom is -0.497 e. The number of benzene rings is 1. The van der Waals surface area contributed by atoms with Gasteiger partial charge in [-0.2, -0.15) is 5.26 Å². The third kappa shape index (κ3) is 4.84. The fraction of sp³-hybridized carbons (Fsp3) is 0.176. The van der Waals surface area contributed by atoms with Gasteiger partial charge in [-0.3, -0.25) is 4.79 Å². The van der Waals surface area contributed by atoms with Crippen LogP contribution in [-0.2, 0) is 4.79 Å². The predicted molar refractivity (Wildman–Crippen MR) is 87.3 cm³/mol. The number of hydrogen-bond donors (Lipinski definition) is 1. The van der Waals surface area contributed by atoms with Crippen LogP contribution in [0.3, 0.4) is 0 Å². The van der Waals surface area contributed by atoms with Gasteiger partial charge in [-0.1, -0.05) is 12.2 Å². The quantitative estimate of drug-likeness (QED) is 0.455. The average Bonchev–Trinajstić information content (AvgIpc) is 2.55. The van der Waals surface area contributed by atoms with Crippen LogP contribution in [0.15, 0.2) is 61.3 Å². The van der Waals surface area contributed by atoms with Gasteiger partial charge in [-0.25, -0.2) is 0 Å². The van der Waals surface area contributed by atoms with Gasteiger partial charge in [0.25, 0.3) is 5.91 Å². The van der Waals surface area contributed by atoms with Crippen molar-refractivity contribution >= 4 is 11.6 Å². The number of carbonyl (C=O) groups excluding carboxylic acids is 1. The number of ether oxygens (including phenoxy) is 1. The first kappa shape index (κ1) is 17.1. The van der Waals surface area contributed by atoms with Crippen molar-refractivity contribution in [3.8, 4) is 11.8 Å². The van der Waals surface area contributed by atoms with Gasteiger partial charge in [-0.05, 0) is 24.3 Å². The highest BCUT2D eigenvalue weighted by Gasteiger charge is 2.15. The molecule has 0 aromatic heterocycles. The molecular formula is C17H19N3O2. The molecule has 0 aliphatic heterocycles. The van der Waals surface area contributed by atoms with Crippen molar-refractivity contribution < 1.29 is 9.53 Å². The molecule has 0 radical (unpaired) electrons. The molecule has 0 heterocycles. The van der Waals surface area contributed by atoms with Crippen molar-refractivity contribution in [2.24, 2.45) is 0 Å². The second-order valence-electron chi connectivity index (χ2n) is 4.33. The Morgan fingerprint density at radius 3 is 2.36 bits per heavy atom. The lowest BCUT2D eigenvalue weighted by atomic mass is 10.2. The number of anilines is 1. The van der Waals surface area contributed by atoms with E-state index in [0.29, 0.717) is 13.1 Å². The summed E-state index contributed by atoms with van der Waals surface area (Å²) < 4.78 is 5.06. The number of nitriles is 1. The topological polar surface area (TPSA) is 65.4 Å². The average molecular weight is 297 g/mol. The van der Waals surface area contributed by atoms with Crippen LogP contribution in [-0.4, -0.2) is 31.0 Å². The van der Waals surface area contributed by atoms with E-state index in [4.69, 9.17) is 10.00 Å². The molecule has 114 valence electrons. The number of rotatable bonds is 8. The molecule has 1 aromatic carbocycles. The highest BCUT2D eigenvalue weighted by atomic mass is 16.5. The van der Waals surface area contributed by atoms with Crippen molar-refractivity contribution in [2.45, 2.75) is 0 Å². The van der Waals surface area contributed by atoms with Gasteiger partial charge in [0.1, 0.15) is 17.4 Å². The zero-order valence-electron chi connectivity index (χ0n) is 12.6. The van der Waals surface area contributed by atoms with Gasteiger partial charge in [0.15, 0.2) is 0 Å². The first-order valence-corrected chi connectivity index (χ1v) is 6.68. The third-order valence-corrected chi connectivity index (χ3v) is 2.81. The van der Waals surface area contributed by atoms with E-state index in [1.165, 1.54) is 11.1 Å². The second kappa shape index (κ2) is 9.03. The van der Waals surface area contributed by atoms with Crippen molar-refractivity contribution in [3.05, 3.63) is 61.3 Å². The minimum absolute atomic E-state index is 0.0134. The smallest absolute Gasteiger partial charge is 0.266 e. The highest BCUT2D eigenvalue weighted by Crippen LogP contribution is 2.15. The molecule has 0 saturated carbocycles. The van der Waals surface area contributed by atoms with E-state index in [2.05, 4.69) is 18.5 Å². The van der Waals surface area contributed by atoms with E-state index in [1.807, 2.05) is 6.07 Å². The van der Waals surface area contributed by atoms with Crippen molar-refractivity contribution in [1.82, 2.24) is 4.90 Å². The Bertz CT molecular complexity index is 587. The molecule has 22 heavy (non-hydrogen) atoms. The fourth-order valence-electron chi connectivity index (χ4n) is 1.71. The number of carbonyl (C=O) groups is 1. The molecule has 5 nitrogen and oxygen atoms in total. The maximum Gasteiger partial charge on any atom is 0.266 e. The summed E-state index contributed by atoms with van der Waals surface area (Å²) in [6.07, 6.45) is 4.60. The number of methoxy groups -OCH3 is 1. The van der Waals surface area contributed by atoms with E-state index >= 15 is 0 Å². The van der Waals surface area contributed by atoms with Crippen molar-refractivity contribution in [2.75, 3.05) is 25.5 Å². The van der Waals surface area contributed by atoms with E-state index in [-0.39, 0.29) is 11.5 Å². The van der Waals surface area contributed by atoms with Gasteiger partial charge < -0.3 is 15.0 Å². The number of nitrogens with one attached hydrogen (secondary N) is 1. The minimum atomic E-state index is -0.372. The Kier molecular flexibility index (Phi) is 7.00. The second-order valence-corrected chi connectivity index (χ2v) is 4.33. The maximum atomic E-state index is 12.3. The van der Waals surface area contributed by atoms with Crippen LogP contribution in [0.5, 0.6) is 5.75 Å². The lowest BCUT2D eigenvalue weighted by molar-refractivity contribution is -0.125. The molecule has 1 aromatic rings. The van der Waals surface area contributed by atoms with Gasteiger partial charge in [0, 0.05) is 25.0 Å². The molecule has 5 heteroatoms. The summed E-state index contributed by atoms with van der Waals surface area (Å²) >= 11 is 0. The largest absolute Gasteiger partial charge is 0.497 e. The maximum absolute atomic E-state index is 12.3. The molecule has 0 saturated heterocycles. The Hall–Kier alpha value is -3.00. The number of nitrogens with zero attached hydrogens (tertiary/aromatic N) is 2. The highest BCUT2D eigenvalue weighted by molar-refractivity contribution is 5.97. The number of amides is 1. The van der Waals surface area contributed by atoms with Crippen LogP contribution in [0.2, 0.25) is 0 Å². The van der Waals surface area contributed by atoms with Crippen LogP contribution in [0.1, 0.15) is 0 Å². The first-order chi connectivity index (χ1) is 10.7. The summed E-state index contributed by atoms with van der Waals surface area (Å²) in [5, 5.41) is 12.1. The van der Waals surface area contributed by atoms with E-state index in [1.54, 1.807) is 43.5 Å². The molecule has 0 bridgehead atoms. The Balaban J connectivity index is 2.84. The normalized spacial score (nSPS) is 10.3. The van der Waals surface area contributed by atoms with Crippen LogP contribution < -0.4 is 10.1 Å². The summed E-state index contributed by atoms with van der Waals surface area (Å²) in [7, 11) is 1.59. The van der Waals surface area contributed by atoms with E-state index in [0.717, 1.165) is 11.4 Å². The summed E-state index contributed by atoms with van der Waals surface area (Å²) in [6.45, 7) is 7.91. The third-order valence-electron chi connectivity index (χ3n) is 2.81. The number of hydrogen-bond acceptors (Lipinski definition) is 4. The lowest BCUT2D eigenvalue weighted by Crippen LogP contribution is -2.32. The van der Waals surface area contributed by atoms with Crippen LogP contribution in [0.4, 0.5) is 5.69 Å². The lowest BCUT2D eigenvalue weighted by Gasteiger charge is -2.18. The van der Waals surface area contributed by atoms with Crippen molar-refractivity contribution in [3.63, 3.8) is 0 Å². The predicted octanol–water partition coefficient (Wildman–Crippen LogP) is 2.72. The van der Waals surface area contributed by atoms with Gasteiger partial charge in [0.2, 0.25) is 0 Å². The van der Waals surface area contributed by atoms with Crippen LogP contribution in [0, 0.1) is 11.3 Å². The monoisotopic (exact) mass is 297 g/mol. The Labute approximate surface area is 130 Å². The zero-order valence-corrected chi connectivity index (χ0v) is 12.6. The summed E-state index contributed by atoms with van der Waals surface area (Å²) in [6, 6.07) is 9.06. The van der Waals surface area contributed by atoms with E-state index < -0.39 is 0 Å². The summed E-state index contributed by atoms with van der Waals surface area (Å²) in [5.74, 6) is 0.359. The molecule has 0 aliphatic rings. The molecule has 0 fully saturated rings. The Morgan fingerprint density at radius 2 is 1.91 bits per heavy atom. The molecule has 0 unspecified atom stereocenters. The molecule has 1 amide bonds. The summed E-state index contributed by atoms with van der Waals surface area (Å²) in [4.78, 5) is 13.7. The zero-order chi connectivity index (χ0) is 16.4.